The maximum atomic E-state index is 5.10. The van der Waals surface area contributed by atoms with Crippen molar-refractivity contribution in [1.29, 1.82) is 0 Å². The predicted molar refractivity (Wildman–Crippen MR) is 111 cm³/mol. The molecule has 146 valence electrons. The number of likely N-dealkylation sites (tertiary alicyclic amines) is 1. The van der Waals surface area contributed by atoms with E-state index in [1.165, 1.54) is 24.3 Å². The molecule has 3 heterocycles. The fraction of sp³-hybridized carbons (Fsp3) is 0.789. The summed E-state index contributed by atoms with van der Waals surface area (Å²) in [5, 5.41) is 3.54. The van der Waals surface area contributed by atoms with Crippen LogP contribution >= 0.6 is 11.8 Å². The van der Waals surface area contributed by atoms with Gasteiger partial charge in [-0.25, -0.2) is 4.98 Å². The summed E-state index contributed by atoms with van der Waals surface area (Å²) in [6.45, 7) is 8.35. The molecule has 3 rings (SSSR count). The zero-order chi connectivity index (χ0) is 18.6. The molecule has 1 aromatic heterocycles. The average molecular weight is 379 g/mol. The molecular weight excluding hydrogens is 344 g/mol. The van der Waals surface area contributed by atoms with Crippen molar-refractivity contribution < 1.29 is 0 Å². The maximum Gasteiger partial charge on any atom is 0.194 e. The van der Waals surface area contributed by atoms with E-state index in [2.05, 4.69) is 70.6 Å². The lowest BCUT2D eigenvalue weighted by Crippen LogP contribution is -2.51. The van der Waals surface area contributed by atoms with Gasteiger partial charge in [-0.3, -0.25) is 4.99 Å². The largest absolute Gasteiger partial charge is 0.357 e. The van der Waals surface area contributed by atoms with Crippen molar-refractivity contribution in [3.63, 3.8) is 0 Å². The highest BCUT2D eigenvalue weighted by molar-refractivity contribution is 7.99. The monoisotopic (exact) mass is 378 g/mol. The van der Waals surface area contributed by atoms with Crippen LogP contribution in [0.2, 0.25) is 0 Å². The Labute approximate surface area is 162 Å². The number of hydrogen-bond donors (Lipinski definition) is 1. The molecule has 1 N–H and O–H groups in total. The summed E-state index contributed by atoms with van der Waals surface area (Å²) in [6.07, 6.45) is 8.32. The van der Waals surface area contributed by atoms with Crippen molar-refractivity contribution >= 4 is 17.7 Å². The number of nitrogens with zero attached hydrogens (tertiary/aromatic N) is 5. The molecule has 0 radical (unpaired) electrons. The third kappa shape index (κ3) is 4.19. The number of rotatable bonds is 5. The first-order valence-electron chi connectivity index (χ1n) is 9.81. The van der Waals surface area contributed by atoms with Crippen LogP contribution in [0.3, 0.4) is 0 Å². The van der Waals surface area contributed by atoms with E-state index in [-0.39, 0.29) is 5.54 Å². The maximum absolute atomic E-state index is 5.10. The van der Waals surface area contributed by atoms with Crippen LogP contribution in [0.4, 0.5) is 0 Å². The van der Waals surface area contributed by atoms with Crippen molar-refractivity contribution in [2.75, 3.05) is 51.8 Å². The Morgan fingerprint density at radius 1 is 1.46 bits per heavy atom. The van der Waals surface area contributed by atoms with Crippen LogP contribution in [0, 0.1) is 5.92 Å². The number of thioether (sulfide) groups is 1. The van der Waals surface area contributed by atoms with Crippen molar-refractivity contribution in [3.8, 4) is 0 Å². The molecule has 6 nitrogen and oxygen atoms in total. The number of piperidine rings is 1. The van der Waals surface area contributed by atoms with Gasteiger partial charge in [0.2, 0.25) is 0 Å². The van der Waals surface area contributed by atoms with Crippen molar-refractivity contribution in [3.05, 3.63) is 18.7 Å². The third-order valence-electron chi connectivity index (χ3n) is 6.02. The summed E-state index contributed by atoms with van der Waals surface area (Å²) in [5.41, 5.74) is 0.207. The summed E-state index contributed by atoms with van der Waals surface area (Å²) < 4.78 is 2.26. The minimum Gasteiger partial charge on any atom is -0.357 e. The van der Waals surface area contributed by atoms with Gasteiger partial charge < -0.3 is 19.7 Å². The lowest BCUT2D eigenvalue weighted by Gasteiger charge is -2.40. The standard InChI is InChI=1S/C19H34N6S/c1-5-21-18(22-13-19(23(3)4)7-11-26-14-19)24-9-6-16(2)17(12-24)25-10-8-20-15-25/h8,10,15-17H,5-7,9,11-14H2,1-4H3,(H,21,22). The topological polar surface area (TPSA) is 48.7 Å². The third-order valence-corrected chi connectivity index (χ3v) is 7.25. The molecule has 0 aliphatic carbocycles. The van der Waals surface area contributed by atoms with E-state index < -0.39 is 0 Å². The Bertz CT molecular complexity index is 579. The smallest absolute Gasteiger partial charge is 0.194 e. The summed E-state index contributed by atoms with van der Waals surface area (Å²) in [5.74, 6) is 4.15. The second-order valence-electron chi connectivity index (χ2n) is 7.88. The summed E-state index contributed by atoms with van der Waals surface area (Å²) in [6, 6.07) is 0.458. The summed E-state index contributed by atoms with van der Waals surface area (Å²) in [7, 11) is 4.40. The Kier molecular flexibility index (Phi) is 6.51. The molecule has 0 bridgehead atoms. The molecule has 26 heavy (non-hydrogen) atoms. The zero-order valence-electron chi connectivity index (χ0n) is 16.7. The van der Waals surface area contributed by atoms with Crippen LogP contribution in [0.5, 0.6) is 0 Å². The van der Waals surface area contributed by atoms with E-state index >= 15 is 0 Å². The molecule has 0 aromatic carbocycles. The van der Waals surface area contributed by atoms with Crippen LogP contribution < -0.4 is 5.32 Å². The second-order valence-corrected chi connectivity index (χ2v) is 8.99. The molecule has 3 unspecified atom stereocenters. The van der Waals surface area contributed by atoms with Gasteiger partial charge in [0, 0.05) is 43.3 Å². The zero-order valence-corrected chi connectivity index (χ0v) is 17.5. The quantitative estimate of drug-likeness (QED) is 0.629. The number of imidazole rings is 1. The van der Waals surface area contributed by atoms with Gasteiger partial charge in [-0.15, -0.1) is 0 Å². The van der Waals surface area contributed by atoms with E-state index in [0.717, 1.165) is 32.1 Å². The van der Waals surface area contributed by atoms with Crippen LogP contribution in [-0.4, -0.2) is 82.6 Å². The molecule has 1 aromatic rings. The first kappa shape index (κ1) is 19.5. The molecule has 2 aliphatic heterocycles. The molecule has 0 amide bonds. The molecule has 0 spiro atoms. The SMILES string of the molecule is CCNC(=NCC1(N(C)C)CCSC1)N1CCC(C)C(n2ccnc2)C1. The first-order chi connectivity index (χ1) is 12.6. The Hall–Kier alpha value is -1.21. The van der Waals surface area contributed by atoms with Gasteiger partial charge in [0.05, 0.1) is 18.9 Å². The van der Waals surface area contributed by atoms with Gasteiger partial charge in [0.1, 0.15) is 0 Å². The van der Waals surface area contributed by atoms with Gasteiger partial charge in [-0.05, 0) is 45.5 Å². The van der Waals surface area contributed by atoms with Crippen molar-refractivity contribution in [1.82, 2.24) is 24.7 Å². The first-order valence-corrected chi connectivity index (χ1v) is 11.0. The Morgan fingerprint density at radius 3 is 2.92 bits per heavy atom. The normalized spacial score (nSPS) is 30.2. The lowest BCUT2D eigenvalue weighted by atomic mass is 9.93. The van der Waals surface area contributed by atoms with Crippen LogP contribution in [0.25, 0.3) is 0 Å². The van der Waals surface area contributed by atoms with Gasteiger partial charge in [-0.2, -0.15) is 11.8 Å². The van der Waals surface area contributed by atoms with Gasteiger partial charge in [0.15, 0.2) is 5.96 Å². The van der Waals surface area contributed by atoms with Crippen LogP contribution in [0.15, 0.2) is 23.7 Å². The van der Waals surface area contributed by atoms with Crippen LogP contribution in [-0.2, 0) is 0 Å². The predicted octanol–water partition coefficient (Wildman–Crippen LogP) is 2.17. The van der Waals surface area contributed by atoms with Crippen LogP contribution in [0.1, 0.15) is 32.7 Å². The highest BCUT2D eigenvalue weighted by atomic mass is 32.2. The fourth-order valence-electron chi connectivity index (χ4n) is 3.96. The number of hydrogen-bond acceptors (Lipinski definition) is 4. The minimum atomic E-state index is 0.207. The van der Waals surface area contributed by atoms with E-state index in [4.69, 9.17) is 4.99 Å². The van der Waals surface area contributed by atoms with Gasteiger partial charge in [0.25, 0.3) is 0 Å². The second kappa shape index (κ2) is 8.65. The van der Waals surface area contributed by atoms with Gasteiger partial charge in [-0.1, -0.05) is 6.92 Å². The van der Waals surface area contributed by atoms with Gasteiger partial charge >= 0.3 is 0 Å². The molecule has 0 saturated carbocycles. The highest BCUT2D eigenvalue weighted by Gasteiger charge is 2.37. The molecule has 3 atom stereocenters. The molecule has 7 heteroatoms. The molecule has 2 saturated heterocycles. The molecule has 2 aliphatic rings. The number of aliphatic imine (C=N–C) groups is 1. The molecular formula is C19H34N6S. The van der Waals surface area contributed by atoms with Crippen molar-refractivity contribution in [2.24, 2.45) is 10.9 Å². The lowest BCUT2D eigenvalue weighted by molar-refractivity contribution is 0.180. The number of guanidine groups is 1. The average Bonchev–Trinajstić information content (AvgIpc) is 3.31. The number of likely N-dealkylation sites (N-methyl/N-ethyl adjacent to an activating group) is 1. The van der Waals surface area contributed by atoms with E-state index in [1.54, 1.807) is 0 Å². The van der Waals surface area contributed by atoms with E-state index in [1.807, 2.05) is 12.5 Å². The summed E-state index contributed by atoms with van der Waals surface area (Å²) >= 11 is 2.05. The minimum absolute atomic E-state index is 0.207. The Balaban J connectivity index is 1.74. The Morgan fingerprint density at radius 2 is 2.31 bits per heavy atom. The summed E-state index contributed by atoms with van der Waals surface area (Å²) in [4.78, 5) is 14.2. The van der Waals surface area contributed by atoms with E-state index in [9.17, 15) is 0 Å². The fourth-order valence-corrected chi connectivity index (χ4v) is 5.50. The molecule has 2 fully saturated rings. The number of nitrogens with one attached hydrogen (secondary N) is 1. The number of aromatic nitrogens is 2. The van der Waals surface area contributed by atoms with E-state index in [0.29, 0.717) is 12.0 Å². The highest BCUT2D eigenvalue weighted by Crippen LogP contribution is 2.32. The van der Waals surface area contributed by atoms with Crippen molar-refractivity contribution in [2.45, 2.75) is 38.3 Å².